The van der Waals surface area contributed by atoms with Crippen LogP contribution < -0.4 is 4.74 Å². The molecule has 4 aromatic carbocycles. The molecule has 0 aromatic heterocycles. The number of benzene rings is 4. The lowest BCUT2D eigenvalue weighted by atomic mass is 10.1. The molecule has 0 aliphatic carbocycles. The minimum absolute atomic E-state index is 0.0623. The quantitative estimate of drug-likeness (QED) is 0.480. The zero-order valence-corrected chi connectivity index (χ0v) is 14.9. The van der Waals surface area contributed by atoms with Gasteiger partial charge in [-0.1, -0.05) is 24.3 Å². The van der Waals surface area contributed by atoms with Gasteiger partial charge in [0.05, 0.1) is 9.79 Å². The smallest absolute Gasteiger partial charge is 0.206 e. The Kier molecular flexibility index (Phi) is 4.30. The van der Waals surface area contributed by atoms with E-state index in [1.807, 2.05) is 6.07 Å². The highest BCUT2D eigenvalue weighted by Crippen LogP contribution is 2.29. The van der Waals surface area contributed by atoms with Gasteiger partial charge < -0.3 is 4.74 Å². The molecule has 0 unspecified atom stereocenters. The molecule has 0 saturated heterocycles. The van der Waals surface area contributed by atoms with Gasteiger partial charge in [0.15, 0.2) is 5.75 Å². The van der Waals surface area contributed by atoms with Crippen molar-refractivity contribution in [2.75, 3.05) is 0 Å². The van der Waals surface area contributed by atoms with Gasteiger partial charge in [-0.25, -0.2) is 8.42 Å². The maximum Gasteiger partial charge on any atom is 0.206 e. The lowest BCUT2D eigenvalue weighted by molar-refractivity contribution is 0.355. The van der Waals surface area contributed by atoms with E-state index in [-0.39, 0.29) is 15.5 Å². The Balaban J connectivity index is 1.60. The fourth-order valence-electron chi connectivity index (χ4n) is 2.78. The summed E-state index contributed by atoms with van der Waals surface area (Å²) >= 11 is 0. The molecule has 4 nitrogen and oxygen atoms in total. The molecule has 4 rings (SSSR count). The number of fused-ring (bicyclic) bond motifs is 1. The van der Waals surface area contributed by atoms with Crippen LogP contribution in [0.3, 0.4) is 0 Å². The van der Waals surface area contributed by atoms with Crippen LogP contribution in [0.5, 0.6) is 17.2 Å². The molecule has 0 amide bonds. The number of rotatable bonds is 4. The van der Waals surface area contributed by atoms with E-state index in [4.69, 9.17) is 4.74 Å². The first kappa shape index (κ1) is 17.1. The summed E-state index contributed by atoms with van der Waals surface area (Å²) in [4.78, 5) is 0.411. The van der Waals surface area contributed by atoms with Crippen LogP contribution in [0.15, 0.2) is 94.7 Å². The van der Waals surface area contributed by atoms with Crippen molar-refractivity contribution in [3.8, 4) is 17.2 Å². The van der Waals surface area contributed by atoms with Crippen molar-refractivity contribution in [3.05, 3.63) is 91.0 Å². The number of ether oxygens (including phenoxy) is 1. The first-order valence-electron chi connectivity index (χ1n) is 8.22. The van der Waals surface area contributed by atoms with E-state index in [0.29, 0.717) is 11.5 Å². The fourth-order valence-corrected chi connectivity index (χ4v) is 4.04. The highest BCUT2D eigenvalue weighted by molar-refractivity contribution is 7.91. The molecular weight excluding hydrogens is 360 g/mol. The van der Waals surface area contributed by atoms with Crippen molar-refractivity contribution < 1.29 is 18.3 Å². The highest BCUT2D eigenvalue weighted by atomic mass is 32.2. The first-order chi connectivity index (χ1) is 13.0. The molecule has 2 radical (unpaired) electrons. The minimum atomic E-state index is -3.57. The lowest BCUT2D eigenvalue weighted by Gasteiger charge is -2.09. The molecule has 0 saturated carbocycles. The Bertz CT molecular complexity index is 1200. The third-order valence-electron chi connectivity index (χ3n) is 4.15. The summed E-state index contributed by atoms with van der Waals surface area (Å²) in [5.74, 6) is 1.02. The van der Waals surface area contributed by atoms with Crippen LogP contribution in [0.25, 0.3) is 10.8 Å². The average Bonchev–Trinajstić information content (AvgIpc) is 2.69. The molecule has 0 aliphatic rings. The van der Waals surface area contributed by atoms with Crippen LogP contribution in [-0.4, -0.2) is 8.42 Å². The zero-order chi connectivity index (χ0) is 18.9. The molecule has 0 bridgehead atoms. The third kappa shape index (κ3) is 3.50. The molecule has 27 heavy (non-hydrogen) atoms. The summed E-state index contributed by atoms with van der Waals surface area (Å²) < 4.78 is 31.0. The largest absolute Gasteiger partial charge is 0.457 e. The van der Waals surface area contributed by atoms with Crippen molar-refractivity contribution >= 4 is 20.6 Å². The van der Waals surface area contributed by atoms with Gasteiger partial charge in [0.2, 0.25) is 9.84 Å². The Hall–Kier alpha value is -3.31. The van der Waals surface area contributed by atoms with Crippen molar-refractivity contribution in [1.82, 2.24) is 0 Å². The zero-order valence-electron chi connectivity index (χ0n) is 14.1. The molecule has 4 aromatic rings. The summed E-state index contributed by atoms with van der Waals surface area (Å²) in [6, 6.07) is 25.5. The standard InChI is InChI=1S/C22H14O4S/c23-18-8-6-16-7-9-20(15-17(16)14-18)26-19-10-12-22(13-11-19)27(24,25)21-4-2-1-3-5-21/h2-15H. The first-order valence-corrected chi connectivity index (χ1v) is 9.71. The van der Waals surface area contributed by atoms with Crippen molar-refractivity contribution in [2.24, 2.45) is 0 Å². The maximum absolute atomic E-state index is 12.6. The van der Waals surface area contributed by atoms with Gasteiger partial charge in [0.1, 0.15) is 11.5 Å². The van der Waals surface area contributed by atoms with E-state index < -0.39 is 9.84 Å². The van der Waals surface area contributed by atoms with Crippen LogP contribution >= 0.6 is 0 Å². The van der Waals surface area contributed by atoms with Gasteiger partial charge >= 0.3 is 0 Å². The third-order valence-corrected chi connectivity index (χ3v) is 5.94. The van der Waals surface area contributed by atoms with Gasteiger partial charge in [-0.15, -0.1) is 0 Å². The Morgan fingerprint density at radius 1 is 0.667 bits per heavy atom. The summed E-state index contributed by atoms with van der Waals surface area (Å²) in [6.45, 7) is 0. The van der Waals surface area contributed by atoms with E-state index in [1.165, 1.54) is 30.3 Å². The molecule has 0 spiro atoms. The van der Waals surface area contributed by atoms with Crippen molar-refractivity contribution in [1.29, 1.82) is 0 Å². The molecule has 0 fully saturated rings. The summed E-state index contributed by atoms with van der Waals surface area (Å²) in [6.07, 6.45) is 0. The van der Waals surface area contributed by atoms with Gasteiger partial charge in [0.25, 0.3) is 0 Å². The Morgan fingerprint density at radius 3 is 2.04 bits per heavy atom. The molecule has 0 heterocycles. The SMILES string of the molecule is [O]c1ccc2ccc(Oc3ccc(S(=O)(=O)c4cc[c]cc4)cc3)cc2c1. The second-order valence-electron chi connectivity index (χ2n) is 5.98. The molecule has 0 N–H and O–H groups in total. The van der Waals surface area contributed by atoms with Gasteiger partial charge in [-0.3, -0.25) is 5.11 Å². The van der Waals surface area contributed by atoms with Gasteiger partial charge in [-0.05, 0) is 77.5 Å². The monoisotopic (exact) mass is 374 g/mol. The fraction of sp³-hybridized carbons (Fsp3) is 0. The number of hydrogen-bond donors (Lipinski definition) is 0. The Labute approximate surface area is 157 Å². The summed E-state index contributed by atoms with van der Waals surface area (Å²) in [7, 11) is -3.57. The predicted molar refractivity (Wildman–Crippen MR) is 101 cm³/mol. The molecule has 5 heteroatoms. The topological polar surface area (TPSA) is 63.3 Å². The molecule has 132 valence electrons. The molecule has 0 aliphatic heterocycles. The van der Waals surface area contributed by atoms with Gasteiger partial charge in [-0.2, -0.15) is 0 Å². The van der Waals surface area contributed by atoms with Crippen LogP contribution in [0, 0.1) is 6.07 Å². The second-order valence-corrected chi connectivity index (χ2v) is 7.93. The van der Waals surface area contributed by atoms with Crippen LogP contribution in [0.4, 0.5) is 0 Å². The minimum Gasteiger partial charge on any atom is -0.457 e. The van der Waals surface area contributed by atoms with Crippen LogP contribution in [-0.2, 0) is 14.9 Å². The van der Waals surface area contributed by atoms with E-state index in [1.54, 1.807) is 48.5 Å². The Morgan fingerprint density at radius 2 is 1.30 bits per heavy atom. The lowest BCUT2D eigenvalue weighted by Crippen LogP contribution is -2.01. The number of hydrogen-bond acceptors (Lipinski definition) is 3. The maximum atomic E-state index is 12.6. The molecule has 0 atom stereocenters. The normalized spacial score (nSPS) is 11.4. The predicted octanol–water partition coefficient (Wildman–Crippen LogP) is 5.41. The highest BCUT2D eigenvalue weighted by Gasteiger charge is 2.17. The van der Waals surface area contributed by atoms with Crippen molar-refractivity contribution in [3.63, 3.8) is 0 Å². The summed E-state index contributed by atoms with van der Waals surface area (Å²) in [5.41, 5.74) is 0. The van der Waals surface area contributed by atoms with Crippen molar-refractivity contribution in [2.45, 2.75) is 9.79 Å². The van der Waals surface area contributed by atoms with Crippen LogP contribution in [0.1, 0.15) is 0 Å². The summed E-state index contributed by atoms with van der Waals surface area (Å²) in [5, 5.41) is 13.2. The number of sulfone groups is 1. The van der Waals surface area contributed by atoms with E-state index >= 15 is 0 Å². The van der Waals surface area contributed by atoms with E-state index in [2.05, 4.69) is 6.07 Å². The van der Waals surface area contributed by atoms with E-state index in [9.17, 15) is 13.5 Å². The average molecular weight is 374 g/mol. The molecular formula is C22H14O4S. The van der Waals surface area contributed by atoms with Gasteiger partial charge in [0, 0.05) is 0 Å². The van der Waals surface area contributed by atoms with Crippen LogP contribution in [0.2, 0.25) is 0 Å². The second kappa shape index (κ2) is 6.78. The van der Waals surface area contributed by atoms with E-state index in [0.717, 1.165) is 10.8 Å².